The largest absolute Gasteiger partial charge is 0.359 e. The Balaban J connectivity index is 2.05. The topological polar surface area (TPSA) is 67.2 Å². The number of nitrogens with zero attached hydrogens (tertiary/aromatic N) is 1. The van der Waals surface area contributed by atoms with E-state index in [2.05, 4.69) is 15.8 Å². The second kappa shape index (κ2) is 5.77. The van der Waals surface area contributed by atoms with Gasteiger partial charge >= 0.3 is 6.03 Å². The van der Waals surface area contributed by atoms with Gasteiger partial charge in [0, 0.05) is 22.2 Å². The van der Waals surface area contributed by atoms with E-state index in [1.165, 1.54) is 0 Å². The maximum atomic E-state index is 12.0. The van der Waals surface area contributed by atoms with E-state index in [4.69, 9.17) is 16.1 Å². The monoisotopic (exact) mass is 307 g/mol. The van der Waals surface area contributed by atoms with Gasteiger partial charge in [-0.25, -0.2) is 4.79 Å². The molecule has 112 valence electrons. The van der Waals surface area contributed by atoms with Crippen molar-refractivity contribution in [1.29, 1.82) is 0 Å². The van der Waals surface area contributed by atoms with Crippen molar-refractivity contribution in [3.63, 3.8) is 0 Å². The summed E-state index contributed by atoms with van der Waals surface area (Å²) in [5.41, 5.74) is 1.41. The number of hydrogen-bond acceptors (Lipinski definition) is 3. The standard InChI is InChI=1S/C15H18ClN3O2/c1-9-5-6-10(16)7-11(9)17-14(20)18-13-8-12(21-19-13)15(2,3)4/h5-8H,1-4H3,(H2,17,18,19,20). The zero-order valence-corrected chi connectivity index (χ0v) is 13.2. The molecule has 0 aliphatic heterocycles. The summed E-state index contributed by atoms with van der Waals surface area (Å²) in [6.07, 6.45) is 0. The molecule has 2 aromatic rings. The first-order valence-electron chi connectivity index (χ1n) is 6.57. The fourth-order valence-corrected chi connectivity index (χ4v) is 1.86. The summed E-state index contributed by atoms with van der Waals surface area (Å²) in [6.45, 7) is 7.91. The number of carbonyl (C=O) groups is 1. The first-order valence-corrected chi connectivity index (χ1v) is 6.95. The third kappa shape index (κ3) is 3.98. The third-order valence-electron chi connectivity index (χ3n) is 2.94. The van der Waals surface area contributed by atoms with Gasteiger partial charge in [-0.2, -0.15) is 0 Å². The van der Waals surface area contributed by atoms with Gasteiger partial charge in [0.05, 0.1) is 0 Å². The van der Waals surface area contributed by atoms with E-state index in [9.17, 15) is 4.79 Å². The lowest BCUT2D eigenvalue weighted by atomic mass is 9.93. The van der Waals surface area contributed by atoms with E-state index in [1.54, 1.807) is 18.2 Å². The number of aryl methyl sites for hydroxylation is 1. The average Bonchev–Trinajstić information content (AvgIpc) is 2.82. The summed E-state index contributed by atoms with van der Waals surface area (Å²) in [5.74, 6) is 1.08. The molecule has 2 amide bonds. The molecule has 0 radical (unpaired) electrons. The summed E-state index contributed by atoms with van der Waals surface area (Å²) in [4.78, 5) is 12.0. The van der Waals surface area contributed by atoms with Crippen LogP contribution in [0.15, 0.2) is 28.8 Å². The van der Waals surface area contributed by atoms with Crippen molar-refractivity contribution >= 4 is 29.1 Å². The molecule has 1 aromatic carbocycles. The van der Waals surface area contributed by atoms with Crippen LogP contribution in [0.25, 0.3) is 0 Å². The fraction of sp³-hybridized carbons (Fsp3) is 0.333. The lowest BCUT2D eigenvalue weighted by molar-refractivity contribution is 0.262. The molecular weight excluding hydrogens is 290 g/mol. The van der Waals surface area contributed by atoms with Gasteiger partial charge in [-0.3, -0.25) is 5.32 Å². The Labute approximate surface area is 128 Å². The smallest absolute Gasteiger partial charge is 0.324 e. The number of carbonyl (C=O) groups excluding carboxylic acids is 1. The highest BCUT2D eigenvalue weighted by Crippen LogP contribution is 2.25. The van der Waals surface area contributed by atoms with Crippen LogP contribution < -0.4 is 10.6 Å². The van der Waals surface area contributed by atoms with Crippen LogP contribution in [0.2, 0.25) is 5.02 Å². The Bertz CT molecular complexity index is 659. The predicted octanol–water partition coefficient (Wildman–Crippen LogP) is 4.58. The maximum absolute atomic E-state index is 12.0. The van der Waals surface area contributed by atoms with Crippen LogP contribution in [-0.2, 0) is 5.41 Å². The first kappa shape index (κ1) is 15.4. The molecule has 1 heterocycles. The molecule has 21 heavy (non-hydrogen) atoms. The molecule has 0 aliphatic carbocycles. The Morgan fingerprint density at radius 1 is 1.24 bits per heavy atom. The molecule has 0 spiro atoms. The van der Waals surface area contributed by atoms with Gasteiger partial charge in [0.1, 0.15) is 5.76 Å². The van der Waals surface area contributed by atoms with Crippen molar-refractivity contribution in [2.45, 2.75) is 33.1 Å². The van der Waals surface area contributed by atoms with E-state index < -0.39 is 6.03 Å². The number of benzene rings is 1. The highest BCUT2D eigenvalue weighted by Gasteiger charge is 2.20. The molecule has 2 rings (SSSR count). The summed E-state index contributed by atoms with van der Waals surface area (Å²) < 4.78 is 5.21. The number of nitrogens with one attached hydrogen (secondary N) is 2. The lowest BCUT2D eigenvalue weighted by Gasteiger charge is -2.12. The maximum Gasteiger partial charge on any atom is 0.324 e. The minimum absolute atomic E-state index is 0.160. The van der Waals surface area contributed by atoms with Crippen LogP contribution in [-0.4, -0.2) is 11.2 Å². The zero-order chi connectivity index (χ0) is 15.6. The van der Waals surface area contributed by atoms with Crippen LogP contribution >= 0.6 is 11.6 Å². The number of amides is 2. The van der Waals surface area contributed by atoms with Crippen molar-refractivity contribution in [3.8, 4) is 0 Å². The minimum Gasteiger partial charge on any atom is -0.359 e. The quantitative estimate of drug-likeness (QED) is 0.853. The molecule has 0 bridgehead atoms. The van der Waals surface area contributed by atoms with Crippen LogP contribution in [0.3, 0.4) is 0 Å². The molecule has 5 nitrogen and oxygen atoms in total. The first-order chi connectivity index (χ1) is 9.75. The number of hydrogen-bond donors (Lipinski definition) is 2. The molecular formula is C15H18ClN3O2. The van der Waals surface area contributed by atoms with E-state index >= 15 is 0 Å². The van der Waals surface area contributed by atoms with Crippen molar-refractivity contribution in [2.75, 3.05) is 10.6 Å². The Morgan fingerprint density at radius 3 is 2.57 bits per heavy atom. The van der Waals surface area contributed by atoms with Gasteiger partial charge in [0.2, 0.25) is 0 Å². The van der Waals surface area contributed by atoms with Gasteiger partial charge in [-0.1, -0.05) is 43.6 Å². The van der Waals surface area contributed by atoms with Gasteiger partial charge < -0.3 is 9.84 Å². The average molecular weight is 308 g/mol. The molecule has 0 saturated heterocycles. The van der Waals surface area contributed by atoms with Crippen LogP contribution in [0.4, 0.5) is 16.3 Å². The number of urea groups is 1. The van der Waals surface area contributed by atoms with Crippen molar-refractivity contribution < 1.29 is 9.32 Å². The fourth-order valence-electron chi connectivity index (χ4n) is 1.69. The van der Waals surface area contributed by atoms with Gasteiger partial charge in [0.25, 0.3) is 0 Å². The highest BCUT2D eigenvalue weighted by atomic mass is 35.5. The number of anilines is 2. The highest BCUT2D eigenvalue weighted by molar-refractivity contribution is 6.31. The van der Waals surface area contributed by atoms with E-state index in [0.717, 1.165) is 5.56 Å². The van der Waals surface area contributed by atoms with Crippen molar-refractivity contribution in [1.82, 2.24) is 5.16 Å². The Hall–Kier alpha value is -2.01. The second-order valence-corrected chi connectivity index (χ2v) is 6.30. The number of halogens is 1. The van der Waals surface area contributed by atoms with E-state index in [1.807, 2.05) is 33.8 Å². The number of rotatable bonds is 2. The summed E-state index contributed by atoms with van der Waals surface area (Å²) in [6, 6.07) is 6.62. The normalized spacial score (nSPS) is 11.3. The molecule has 6 heteroatoms. The zero-order valence-electron chi connectivity index (χ0n) is 12.5. The summed E-state index contributed by atoms with van der Waals surface area (Å²) in [5, 5.41) is 9.76. The molecule has 0 saturated carbocycles. The third-order valence-corrected chi connectivity index (χ3v) is 3.17. The van der Waals surface area contributed by atoms with Crippen LogP contribution in [0.1, 0.15) is 32.1 Å². The lowest BCUT2D eigenvalue weighted by Crippen LogP contribution is -2.20. The Kier molecular flexibility index (Phi) is 4.23. The summed E-state index contributed by atoms with van der Waals surface area (Å²) >= 11 is 5.91. The van der Waals surface area contributed by atoms with E-state index in [0.29, 0.717) is 22.3 Å². The second-order valence-electron chi connectivity index (χ2n) is 5.86. The van der Waals surface area contributed by atoms with Crippen LogP contribution in [0.5, 0.6) is 0 Å². The van der Waals surface area contributed by atoms with E-state index in [-0.39, 0.29) is 5.41 Å². The van der Waals surface area contributed by atoms with Gasteiger partial charge in [0.15, 0.2) is 5.82 Å². The van der Waals surface area contributed by atoms with Gasteiger partial charge in [-0.15, -0.1) is 0 Å². The Morgan fingerprint density at radius 2 is 1.95 bits per heavy atom. The number of aromatic nitrogens is 1. The predicted molar refractivity (Wildman–Crippen MR) is 84.0 cm³/mol. The summed E-state index contributed by atoms with van der Waals surface area (Å²) in [7, 11) is 0. The molecule has 0 atom stereocenters. The van der Waals surface area contributed by atoms with Crippen molar-refractivity contribution in [3.05, 3.63) is 40.6 Å². The SMILES string of the molecule is Cc1ccc(Cl)cc1NC(=O)Nc1cc(C(C)(C)C)on1. The van der Waals surface area contributed by atoms with Crippen molar-refractivity contribution in [2.24, 2.45) is 0 Å². The molecule has 0 unspecified atom stereocenters. The minimum atomic E-state index is -0.394. The molecule has 0 aliphatic rings. The molecule has 1 aromatic heterocycles. The molecule has 0 fully saturated rings. The van der Waals surface area contributed by atoms with Crippen LogP contribution in [0, 0.1) is 6.92 Å². The molecule has 2 N–H and O–H groups in total. The van der Waals surface area contributed by atoms with Gasteiger partial charge in [-0.05, 0) is 24.6 Å².